The topological polar surface area (TPSA) is 87.7 Å². The molecular weight excluding hydrogens is 257 g/mol. The summed E-state index contributed by atoms with van der Waals surface area (Å²) in [6, 6.07) is -0.615. The number of nitrogens with one attached hydrogen (secondary N) is 2. The Hall–Kier alpha value is -1.51. The Morgan fingerprint density at radius 2 is 1.78 bits per heavy atom. The summed E-state index contributed by atoms with van der Waals surface area (Å²) in [5, 5.41) is 12.8. The van der Waals surface area contributed by atoms with Gasteiger partial charge in [-0.1, -0.05) is 0 Å². The van der Waals surface area contributed by atoms with E-state index in [0.717, 1.165) is 0 Å². The summed E-state index contributed by atoms with van der Waals surface area (Å²) in [7, 11) is 0. The first-order chi connectivity index (χ1) is 8.31. The minimum Gasteiger partial charge on any atom is -0.480 e. The Balaban J connectivity index is 3.35. The predicted octanol–water partition coefficient (Wildman–Crippen LogP) is 0.729. The van der Waals surface area contributed by atoms with E-state index in [1.165, 1.54) is 0 Å². The van der Waals surface area contributed by atoms with Crippen molar-refractivity contribution in [2.24, 2.45) is 0 Å². The summed E-state index contributed by atoms with van der Waals surface area (Å²) in [5.74, 6) is -1.12. The van der Waals surface area contributed by atoms with Crippen molar-refractivity contribution in [3.8, 4) is 0 Å². The zero-order valence-electron chi connectivity index (χ0n) is 9.55. The molecule has 106 valence electrons. The lowest BCUT2D eigenvalue weighted by atomic mass is 10.3. The lowest BCUT2D eigenvalue weighted by molar-refractivity contribution is -0.142. The molecule has 18 heavy (non-hydrogen) atoms. The van der Waals surface area contributed by atoms with E-state index in [2.05, 4.69) is 15.4 Å². The van der Waals surface area contributed by atoms with Crippen molar-refractivity contribution in [3.05, 3.63) is 0 Å². The Kier molecular flexibility index (Phi) is 7.84. The molecule has 9 heteroatoms. The van der Waals surface area contributed by atoms with E-state index in [1.54, 1.807) is 0 Å². The van der Waals surface area contributed by atoms with Crippen molar-refractivity contribution in [1.82, 2.24) is 10.6 Å². The van der Waals surface area contributed by atoms with Crippen LogP contribution in [0.4, 0.5) is 18.0 Å². The molecule has 0 aromatic carbocycles. The van der Waals surface area contributed by atoms with E-state index in [4.69, 9.17) is 5.11 Å². The highest BCUT2D eigenvalue weighted by Gasteiger charge is 2.25. The smallest absolute Gasteiger partial charge is 0.389 e. The molecule has 0 aliphatic heterocycles. The molecule has 0 aliphatic rings. The molecule has 2 amide bonds. The minimum absolute atomic E-state index is 0.0161. The van der Waals surface area contributed by atoms with E-state index in [1.807, 2.05) is 0 Å². The molecule has 0 heterocycles. The van der Waals surface area contributed by atoms with Crippen LogP contribution in [0.3, 0.4) is 0 Å². The van der Waals surface area contributed by atoms with Gasteiger partial charge in [0.15, 0.2) is 0 Å². The molecule has 3 N–H and O–H groups in total. The Morgan fingerprint density at radius 1 is 1.17 bits per heavy atom. The van der Waals surface area contributed by atoms with Crippen LogP contribution in [0.25, 0.3) is 0 Å². The number of hydrogen-bond donors (Lipinski definition) is 3. The molecule has 0 aliphatic carbocycles. The first-order valence-corrected chi connectivity index (χ1v) is 5.19. The van der Waals surface area contributed by atoms with Gasteiger partial charge in [0.05, 0.1) is 6.61 Å². The lowest BCUT2D eigenvalue weighted by Crippen LogP contribution is -2.38. The molecule has 0 atom stereocenters. The fourth-order valence-corrected chi connectivity index (χ4v) is 0.949. The minimum atomic E-state index is -4.22. The fourth-order valence-electron chi connectivity index (χ4n) is 0.949. The number of urea groups is 1. The van der Waals surface area contributed by atoms with E-state index in [9.17, 15) is 22.8 Å². The van der Waals surface area contributed by atoms with E-state index < -0.39 is 31.2 Å². The van der Waals surface area contributed by atoms with Crippen molar-refractivity contribution in [3.63, 3.8) is 0 Å². The number of hydrogen-bond acceptors (Lipinski definition) is 3. The summed E-state index contributed by atoms with van der Waals surface area (Å²) in [4.78, 5) is 21.0. The van der Waals surface area contributed by atoms with Crippen molar-refractivity contribution >= 4 is 12.0 Å². The molecule has 0 aromatic rings. The molecule has 0 radical (unpaired) electrons. The van der Waals surface area contributed by atoms with Crippen molar-refractivity contribution < 1.29 is 32.6 Å². The van der Waals surface area contributed by atoms with Gasteiger partial charge >= 0.3 is 18.2 Å². The van der Waals surface area contributed by atoms with Gasteiger partial charge < -0.3 is 20.5 Å². The summed E-state index contributed by atoms with van der Waals surface area (Å²) < 4.78 is 39.8. The van der Waals surface area contributed by atoms with E-state index >= 15 is 0 Å². The average Bonchev–Trinajstić information content (AvgIpc) is 2.22. The van der Waals surface area contributed by atoms with Crippen molar-refractivity contribution in [2.75, 3.05) is 26.3 Å². The number of carboxylic acids is 1. The third-order valence-corrected chi connectivity index (χ3v) is 1.68. The third kappa shape index (κ3) is 12.6. The Morgan fingerprint density at radius 3 is 2.33 bits per heavy atom. The predicted molar refractivity (Wildman–Crippen MR) is 55.1 cm³/mol. The SMILES string of the molecule is O=C(O)COCCNC(=O)NCCCC(F)(F)F. The van der Waals surface area contributed by atoms with Gasteiger partial charge in [-0.15, -0.1) is 0 Å². The van der Waals surface area contributed by atoms with Crippen molar-refractivity contribution in [2.45, 2.75) is 19.0 Å². The van der Waals surface area contributed by atoms with Gasteiger partial charge in [0.2, 0.25) is 0 Å². The molecule has 6 nitrogen and oxygen atoms in total. The molecule has 0 fully saturated rings. The third-order valence-electron chi connectivity index (χ3n) is 1.68. The standard InChI is InChI=1S/C9H15F3N2O4/c10-9(11,12)2-1-3-13-8(17)14-4-5-18-6-7(15)16/h1-6H2,(H,15,16)(H2,13,14,17). The first kappa shape index (κ1) is 16.5. The molecule has 0 unspecified atom stereocenters. The van der Waals surface area contributed by atoms with E-state index in [0.29, 0.717) is 0 Å². The quantitative estimate of drug-likeness (QED) is 0.568. The van der Waals surface area contributed by atoms with Gasteiger partial charge in [-0.3, -0.25) is 0 Å². The van der Waals surface area contributed by atoms with Gasteiger partial charge in [-0.05, 0) is 6.42 Å². The summed E-state index contributed by atoms with van der Waals surface area (Å²) in [6.45, 7) is -0.448. The summed E-state index contributed by atoms with van der Waals surface area (Å²) >= 11 is 0. The number of ether oxygens (including phenoxy) is 1. The largest absolute Gasteiger partial charge is 0.480 e. The number of aliphatic carboxylic acids is 1. The van der Waals surface area contributed by atoms with Crippen LogP contribution >= 0.6 is 0 Å². The molecular formula is C9H15F3N2O4. The Bertz CT molecular complexity index is 271. The number of amides is 2. The number of carbonyl (C=O) groups excluding carboxylic acids is 1. The zero-order valence-corrected chi connectivity index (χ0v) is 9.55. The lowest BCUT2D eigenvalue weighted by Gasteiger charge is -2.08. The second-order valence-corrected chi connectivity index (χ2v) is 3.35. The van der Waals surface area contributed by atoms with Gasteiger partial charge in [0.25, 0.3) is 0 Å². The maximum Gasteiger partial charge on any atom is 0.389 e. The van der Waals surface area contributed by atoms with Crippen LogP contribution in [0.2, 0.25) is 0 Å². The van der Waals surface area contributed by atoms with E-state index in [-0.39, 0.29) is 26.1 Å². The van der Waals surface area contributed by atoms with Crippen LogP contribution in [0.1, 0.15) is 12.8 Å². The van der Waals surface area contributed by atoms with Crippen LogP contribution in [0, 0.1) is 0 Å². The number of carbonyl (C=O) groups is 2. The second kappa shape index (κ2) is 8.56. The van der Waals surface area contributed by atoms with Gasteiger partial charge in [-0.25, -0.2) is 9.59 Å². The number of alkyl halides is 3. The summed E-state index contributed by atoms with van der Waals surface area (Å²) in [5.41, 5.74) is 0. The normalized spacial score (nSPS) is 11.1. The van der Waals surface area contributed by atoms with Crippen LogP contribution in [0.15, 0.2) is 0 Å². The van der Waals surface area contributed by atoms with Gasteiger partial charge in [-0.2, -0.15) is 13.2 Å². The molecule has 0 saturated carbocycles. The van der Waals surface area contributed by atoms with Gasteiger partial charge in [0.1, 0.15) is 6.61 Å². The highest BCUT2D eigenvalue weighted by atomic mass is 19.4. The van der Waals surface area contributed by atoms with Crippen molar-refractivity contribution in [1.29, 1.82) is 0 Å². The zero-order chi connectivity index (χ0) is 14.0. The van der Waals surface area contributed by atoms with Gasteiger partial charge in [0, 0.05) is 19.5 Å². The number of halogens is 3. The number of rotatable bonds is 8. The second-order valence-electron chi connectivity index (χ2n) is 3.35. The molecule has 0 saturated heterocycles. The molecule has 0 spiro atoms. The molecule has 0 aromatic heterocycles. The molecule has 0 bridgehead atoms. The van der Waals surface area contributed by atoms with Crippen LogP contribution in [-0.2, 0) is 9.53 Å². The fraction of sp³-hybridized carbons (Fsp3) is 0.778. The first-order valence-electron chi connectivity index (χ1n) is 5.19. The highest BCUT2D eigenvalue weighted by molar-refractivity contribution is 5.73. The monoisotopic (exact) mass is 272 g/mol. The molecule has 0 rings (SSSR count). The maximum atomic E-state index is 11.7. The highest BCUT2D eigenvalue weighted by Crippen LogP contribution is 2.20. The van der Waals surface area contributed by atoms with Crippen LogP contribution in [0.5, 0.6) is 0 Å². The average molecular weight is 272 g/mol. The number of carboxylic acid groups (broad SMARTS) is 1. The van der Waals surface area contributed by atoms with Crippen LogP contribution in [-0.4, -0.2) is 49.6 Å². The Labute approximate surface area is 101 Å². The maximum absolute atomic E-state index is 11.7. The summed E-state index contributed by atoms with van der Waals surface area (Å²) in [6.07, 6.45) is -5.36. The van der Waals surface area contributed by atoms with Crippen LogP contribution < -0.4 is 10.6 Å².